The van der Waals surface area contributed by atoms with E-state index in [1.54, 1.807) is 6.21 Å². The monoisotopic (exact) mass is 196 g/mol. The predicted molar refractivity (Wildman–Crippen MR) is 45.6 cm³/mol. The molecule has 0 fully saturated rings. The molecule has 2 rings (SSSR count). The van der Waals surface area contributed by atoms with E-state index in [9.17, 15) is 0 Å². The second-order valence-electron chi connectivity index (χ2n) is 2.18. The summed E-state index contributed by atoms with van der Waals surface area (Å²) in [4.78, 5) is 0. The van der Waals surface area contributed by atoms with Crippen LogP contribution in [0.1, 0.15) is 6.42 Å². The van der Waals surface area contributed by atoms with Gasteiger partial charge in [0.05, 0.1) is 11.9 Å². The molecular formula is C7H5BrN2. The molecule has 0 aromatic carbocycles. The molecule has 0 unspecified atom stereocenters. The van der Waals surface area contributed by atoms with Crippen molar-refractivity contribution in [2.45, 2.75) is 6.42 Å². The average Bonchev–Trinajstić information content (AvgIpc) is 2.33. The van der Waals surface area contributed by atoms with E-state index in [-0.39, 0.29) is 0 Å². The van der Waals surface area contributed by atoms with E-state index in [1.165, 1.54) is 0 Å². The molecule has 1 aliphatic carbocycles. The maximum absolute atomic E-state index is 3.94. The van der Waals surface area contributed by atoms with Crippen LogP contribution in [0.2, 0.25) is 0 Å². The molecule has 0 radical (unpaired) electrons. The Morgan fingerprint density at radius 3 is 3.30 bits per heavy atom. The molecule has 1 heterocycles. The predicted octanol–water partition coefficient (Wildman–Crippen LogP) is 2.04. The molecule has 10 heavy (non-hydrogen) atoms. The number of allylic oxidation sites excluding steroid dienone is 4. The van der Waals surface area contributed by atoms with Crippen LogP contribution in [0.3, 0.4) is 0 Å². The number of hydrogen-bond donors (Lipinski definition) is 0. The Kier molecular flexibility index (Phi) is 1.31. The number of fused-ring (bicyclic) bond motifs is 1. The molecule has 0 spiro atoms. The lowest BCUT2D eigenvalue weighted by Crippen LogP contribution is -2.01. The van der Waals surface area contributed by atoms with Gasteiger partial charge in [-0.1, -0.05) is 22.0 Å². The van der Waals surface area contributed by atoms with E-state index in [0.29, 0.717) is 0 Å². The third kappa shape index (κ3) is 0.865. The number of hydrogen-bond acceptors (Lipinski definition) is 2. The Morgan fingerprint density at radius 2 is 2.40 bits per heavy atom. The van der Waals surface area contributed by atoms with Crippen molar-refractivity contribution < 1.29 is 0 Å². The van der Waals surface area contributed by atoms with E-state index in [0.717, 1.165) is 22.2 Å². The zero-order valence-electron chi connectivity index (χ0n) is 5.21. The fourth-order valence-corrected chi connectivity index (χ4v) is 1.38. The second kappa shape index (κ2) is 2.16. The van der Waals surface area contributed by atoms with Crippen LogP contribution >= 0.6 is 15.9 Å². The fourth-order valence-electron chi connectivity index (χ4n) is 0.974. The van der Waals surface area contributed by atoms with Crippen LogP contribution in [0.4, 0.5) is 0 Å². The van der Waals surface area contributed by atoms with Crippen molar-refractivity contribution in [1.29, 1.82) is 0 Å². The summed E-state index contributed by atoms with van der Waals surface area (Å²) in [7, 11) is 0. The largest absolute Gasteiger partial charge is 0.158 e. The van der Waals surface area contributed by atoms with Gasteiger partial charge in [-0.2, -0.15) is 10.2 Å². The minimum atomic E-state index is 0.895. The lowest BCUT2D eigenvalue weighted by atomic mass is 10.0. The standard InChI is InChI=1S/C7H5BrN2/c8-6-1-2-7-5(3-6)4-9-10-7/h1,3-4H,2H2. The van der Waals surface area contributed by atoms with Crippen molar-refractivity contribution in [3.8, 4) is 0 Å². The Balaban J connectivity index is 2.43. The maximum Gasteiger partial charge on any atom is 0.0757 e. The highest BCUT2D eigenvalue weighted by atomic mass is 79.9. The second-order valence-corrected chi connectivity index (χ2v) is 3.10. The van der Waals surface area contributed by atoms with Gasteiger partial charge < -0.3 is 0 Å². The molecule has 0 aromatic heterocycles. The van der Waals surface area contributed by atoms with Gasteiger partial charge in [0.25, 0.3) is 0 Å². The highest BCUT2D eigenvalue weighted by molar-refractivity contribution is 9.11. The Bertz CT molecular complexity index is 284. The number of rotatable bonds is 0. The Morgan fingerprint density at radius 1 is 1.50 bits per heavy atom. The van der Waals surface area contributed by atoms with Crippen molar-refractivity contribution in [3.63, 3.8) is 0 Å². The quantitative estimate of drug-likeness (QED) is 0.567. The first-order valence-electron chi connectivity index (χ1n) is 3.04. The SMILES string of the molecule is BrC1=CCC2=NN=CC2=C1. The molecule has 50 valence electrons. The van der Waals surface area contributed by atoms with E-state index in [1.807, 2.05) is 6.08 Å². The Labute approximate surface area is 67.2 Å². The van der Waals surface area contributed by atoms with Crippen molar-refractivity contribution >= 4 is 27.9 Å². The highest BCUT2D eigenvalue weighted by Gasteiger charge is 2.12. The van der Waals surface area contributed by atoms with E-state index in [2.05, 4.69) is 32.2 Å². The lowest BCUT2D eigenvalue weighted by Gasteiger charge is -2.03. The van der Waals surface area contributed by atoms with Crippen LogP contribution in [0.25, 0.3) is 0 Å². The van der Waals surface area contributed by atoms with E-state index in [4.69, 9.17) is 0 Å². The Hall–Kier alpha value is -0.700. The summed E-state index contributed by atoms with van der Waals surface area (Å²) >= 11 is 3.39. The summed E-state index contributed by atoms with van der Waals surface area (Å²) in [5.74, 6) is 0. The summed E-state index contributed by atoms with van der Waals surface area (Å²) < 4.78 is 1.12. The zero-order chi connectivity index (χ0) is 6.97. The fraction of sp³-hybridized carbons (Fsp3) is 0.143. The van der Waals surface area contributed by atoms with Crippen molar-refractivity contribution in [3.05, 3.63) is 22.2 Å². The van der Waals surface area contributed by atoms with Crippen LogP contribution in [-0.2, 0) is 0 Å². The van der Waals surface area contributed by atoms with Crippen LogP contribution < -0.4 is 0 Å². The summed E-state index contributed by atoms with van der Waals surface area (Å²) in [6.45, 7) is 0. The van der Waals surface area contributed by atoms with Gasteiger partial charge in [-0.3, -0.25) is 0 Å². The van der Waals surface area contributed by atoms with Gasteiger partial charge in [-0.25, -0.2) is 0 Å². The molecule has 1 aliphatic heterocycles. The first-order chi connectivity index (χ1) is 4.86. The van der Waals surface area contributed by atoms with Gasteiger partial charge in [0.15, 0.2) is 0 Å². The highest BCUT2D eigenvalue weighted by Crippen LogP contribution is 2.20. The van der Waals surface area contributed by atoms with Gasteiger partial charge in [0, 0.05) is 16.5 Å². The average molecular weight is 197 g/mol. The normalized spacial score (nSPS) is 21.5. The summed E-state index contributed by atoms with van der Waals surface area (Å²) in [5, 5.41) is 7.75. The van der Waals surface area contributed by atoms with Crippen molar-refractivity contribution in [2.75, 3.05) is 0 Å². The molecule has 0 amide bonds. The van der Waals surface area contributed by atoms with Gasteiger partial charge in [0.2, 0.25) is 0 Å². The maximum atomic E-state index is 3.94. The van der Waals surface area contributed by atoms with Gasteiger partial charge in [-0.15, -0.1) is 0 Å². The smallest absolute Gasteiger partial charge is 0.0757 e. The summed E-state index contributed by atoms with van der Waals surface area (Å²) in [6.07, 6.45) is 6.78. The first kappa shape index (κ1) is 6.04. The molecule has 3 heteroatoms. The summed E-state index contributed by atoms with van der Waals surface area (Å²) in [5.41, 5.74) is 2.21. The third-order valence-electron chi connectivity index (χ3n) is 1.49. The number of halogens is 1. The van der Waals surface area contributed by atoms with Crippen molar-refractivity contribution in [2.24, 2.45) is 10.2 Å². The molecule has 0 saturated carbocycles. The van der Waals surface area contributed by atoms with Gasteiger partial charge >= 0.3 is 0 Å². The molecule has 0 aromatic rings. The molecule has 2 nitrogen and oxygen atoms in total. The van der Waals surface area contributed by atoms with Gasteiger partial charge in [0.1, 0.15) is 0 Å². The van der Waals surface area contributed by atoms with E-state index < -0.39 is 0 Å². The van der Waals surface area contributed by atoms with Gasteiger partial charge in [-0.05, 0) is 6.08 Å². The molecule has 0 atom stereocenters. The molecular weight excluding hydrogens is 192 g/mol. The molecule has 2 aliphatic rings. The minimum Gasteiger partial charge on any atom is -0.158 e. The summed E-state index contributed by atoms with van der Waals surface area (Å²) in [6, 6.07) is 0. The zero-order valence-corrected chi connectivity index (χ0v) is 6.80. The topological polar surface area (TPSA) is 24.7 Å². The first-order valence-corrected chi connectivity index (χ1v) is 3.83. The number of nitrogens with zero attached hydrogens (tertiary/aromatic N) is 2. The third-order valence-corrected chi connectivity index (χ3v) is 2.04. The van der Waals surface area contributed by atoms with Crippen molar-refractivity contribution in [1.82, 2.24) is 0 Å². The lowest BCUT2D eigenvalue weighted by molar-refractivity contribution is 1.25. The van der Waals surface area contributed by atoms with E-state index >= 15 is 0 Å². The molecule has 0 N–H and O–H groups in total. The minimum absolute atomic E-state index is 0.895. The molecule has 0 saturated heterocycles. The van der Waals surface area contributed by atoms with Crippen LogP contribution in [0.15, 0.2) is 32.4 Å². The van der Waals surface area contributed by atoms with Crippen LogP contribution in [0.5, 0.6) is 0 Å². The molecule has 0 bridgehead atoms. The van der Waals surface area contributed by atoms with Crippen LogP contribution in [-0.4, -0.2) is 11.9 Å². The van der Waals surface area contributed by atoms with Crippen LogP contribution in [0, 0.1) is 0 Å².